The van der Waals surface area contributed by atoms with Crippen molar-refractivity contribution >= 4 is 15.9 Å². The summed E-state index contributed by atoms with van der Waals surface area (Å²) in [7, 11) is -2.11. The summed E-state index contributed by atoms with van der Waals surface area (Å²) in [6.45, 7) is 0.448. The first-order valence-electron chi connectivity index (χ1n) is 7.36. The molecule has 0 bridgehead atoms. The fraction of sp³-hybridized carbons (Fsp3) is 0.333. The quantitative estimate of drug-likeness (QED) is 0.807. The second kappa shape index (κ2) is 6.33. The van der Waals surface area contributed by atoms with E-state index in [4.69, 9.17) is 0 Å². The van der Waals surface area contributed by atoms with Crippen LogP contribution < -0.4 is 0 Å². The largest absolute Gasteiger partial charge is 0.339 e. The average Bonchev–Trinajstić information content (AvgIpc) is 2.96. The number of hydrogen-bond donors (Lipinski definition) is 0. The van der Waals surface area contributed by atoms with E-state index in [0.717, 1.165) is 4.31 Å². The van der Waals surface area contributed by atoms with Gasteiger partial charge in [0.2, 0.25) is 5.91 Å². The first kappa shape index (κ1) is 16.6. The van der Waals surface area contributed by atoms with E-state index in [-0.39, 0.29) is 42.9 Å². The maximum atomic E-state index is 13.2. The second-order valence-corrected chi connectivity index (χ2v) is 7.55. The monoisotopic (exact) mass is 352 g/mol. The van der Waals surface area contributed by atoms with Gasteiger partial charge in [0, 0.05) is 32.9 Å². The summed E-state index contributed by atoms with van der Waals surface area (Å²) in [5.74, 6) is -0.679. The van der Waals surface area contributed by atoms with Crippen LogP contribution in [-0.2, 0) is 28.4 Å². The zero-order valence-corrected chi connectivity index (χ0v) is 13.9. The number of amides is 1. The number of sulfonamides is 1. The van der Waals surface area contributed by atoms with E-state index in [2.05, 4.69) is 4.98 Å². The molecule has 0 N–H and O–H groups in total. The van der Waals surface area contributed by atoms with Crippen molar-refractivity contribution in [3.8, 4) is 0 Å². The molecule has 24 heavy (non-hydrogen) atoms. The van der Waals surface area contributed by atoms with Crippen molar-refractivity contribution in [3.63, 3.8) is 0 Å². The Morgan fingerprint density at radius 2 is 2.08 bits per heavy atom. The number of rotatable bonds is 4. The first-order chi connectivity index (χ1) is 11.4. The van der Waals surface area contributed by atoms with Crippen LogP contribution in [0.5, 0.6) is 0 Å². The Morgan fingerprint density at radius 1 is 1.29 bits per heavy atom. The molecule has 0 aliphatic carbocycles. The Labute approximate surface area is 139 Å². The normalized spacial score (nSPS) is 16.6. The third-order valence-electron chi connectivity index (χ3n) is 3.83. The highest BCUT2D eigenvalue weighted by Crippen LogP contribution is 2.17. The van der Waals surface area contributed by atoms with Gasteiger partial charge in [-0.15, -0.1) is 0 Å². The smallest absolute Gasteiger partial charge is 0.262 e. The molecule has 1 aromatic heterocycles. The SMILES string of the molecule is Cn1cnc(S(=O)(=O)N2CCN(Cc3cccc(F)c3)C(=O)C2)c1. The number of aromatic nitrogens is 2. The van der Waals surface area contributed by atoms with Crippen molar-refractivity contribution in [2.75, 3.05) is 19.6 Å². The number of nitrogens with zero attached hydrogens (tertiary/aromatic N) is 4. The molecule has 1 aliphatic rings. The lowest BCUT2D eigenvalue weighted by atomic mass is 10.2. The van der Waals surface area contributed by atoms with Crippen LogP contribution in [-0.4, -0.2) is 52.7 Å². The number of halogens is 1. The van der Waals surface area contributed by atoms with Gasteiger partial charge in [-0.1, -0.05) is 12.1 Å². The zero-order chi connectivity index (χ0) is 17.3. The summed E-state index contributed by atoms with van der Waals surface area (Å²) in [5, 5.41) is -0.0728. The Hall–Kier alpha value is -2.26. The molecule has 0 spiro atoms. The number of aryl methyl sites for hydroxylation is 1. The van der Waals surface area contributed by atoms with Crippen LogP contribution in [0.15, 0.2) is 41.8 Å². The summed E-state index contributed by atoms with van der Waals surface area (Å²) in [5.41, 5.74) is 0.671. The first-order valence-corrected chi connectivity index (χ1v) is 8.80. The molecule has 1 aromatic carbocycles. The van der Waals surface area contributed by atoms with E-state index in [9.17, 15) is 17.6 Å². The molecule has 1 saturated heterocycles. The molecule has 2 heterocycles. The van der Waals surface area contributed by atoms with Crippen molar-refractivity contribution in [3.05, 3.63) is 48.2 Å². The number of hydrogen-bond acceptors (Lipinski definition) is 4. The van der Waals surface area contributed by atoms with Crippen molar-refractivity contribution in [2.24, 2.45) is 7.05 Å². The van der Waals surface area contributed by atoms with Gasteiger partial charge in [0.05, 0.1) is 12.9 Å². The van der Waals surface area contributed by atoms with Crippen LogP contribution >= 0.6 is 0 Å². The number of carbonyl (C=O) groups is 1. The maximum absolute atomic E-state index is 13.2. The molecule has 1 aliphatic heterocycles. The Balaban J connectivity index is 1.70. The van der Waals surface area contributed by atoms with E-state index in [1.165, 1.54) is 34.1 Å². The van der Waals surface area contributed by atoms with Crippen LogP contribution in [0.4, 0.5) is 4.39 Å². The lowest BCUT2D eigenvalue weighted by molar-refractivity contribution is -0.134. The van der Waals surface area contributed by atoms with Gasteiger partial charge in [0.15, 0.2) is 5.03 Å². The van der Waals surface area contributed by atoms with Crippen LogP contribution in [0.25, 0.3) is 0 Å². The Kier molecular flexibility index (Phi) is 4.37. The fourth-order valence-corrected chi connectivity index (χ4v) is 3.92. The standard InChI is InChI=1S/C15H17FN4O3S/c1-18-9-14(17-11-18)24(22,23)20-6-5-19(15(21)10-20)8-12-3-2-4-13(16)7-12/h2-4,7,9,11H,5-6,8,10H2,1H3. The molecule has 0 unspecified atom stereocenters. The van der Waals surface area contributed by atoms with E-state index in [1.54, 1.807) is 19.2 Å². The molecule has 3 rings (SSSR count). The minimum absolute atomic E-state index is 0.0728. The highest BCUT2D eigenvalue weighted by molar-refractivity contribution is 7.89. The molecule has 7 nitrogen and oxygen atoms in total. The molecular weight excluding hydrogens is 335 g/mol. The minimum atomic E-state index is -3.78. The molecule has 2 aromatic rings. The lowest BCUT2D eigenvalue weighted by Gasteiger charge is -2.33. The Morgan fingerprint density at radius 3 is 2.71 bits per heavy atom. The third-order valence-corrected chi connectivity index (χ3v) is 5.56. The number of piperazine rings is 1. The minimum Gasteiger partial charge on any atom is -0.339 e. The molecule has 128 valence electrons. The maximum Gasteiger partial charge on any atom is 0.262 e. The molecule has 1 fully saturated rings. The van der Waals surface area contributed by atoms with E-state index < -0.39 is 10.0 Å². The topological polar surface area (TPSA) is 75.5 Å². The van der Waals surface area contributed by atoms with Crippen LogP contribution in [0.3, 0.4) is 0 Å². The summed E-state index contributed by atoms with van der Waals surface area (Å²) >= 11 is 0. The molecule has 0 saturated carbocycles. The van der Waals surface area contributed by atoms with E-state index in [1.807, 2.05) is 0 Å². The van der Waals surface area contributed by atoms with Crippen LogP contribution in [0.1, 0.15) is 5.56 Å². The highest BCUT2D eigenvalue weighted by Gasteiger charge is 2.34. The van der Waals surface area contributed by atoms with Gasteiger partial charge in [-0.05, 0) is 17.7 Å². The predicted molar refractivity (Wildman–Crippen MR) is 83.8 cm³/mol. The molecule has 0 radical (unpaired) electrons. The zero-order valence-electron chi connectivity index (χ0n) is 13.1. The van der Waals surface area contributed by atoms with Crippen molar-refractivity contribution < 1.29 is 17.6 Å². The highest BCUT2D eigenvalue weighted by atomic mass is 32.2. The van der Waals surface area contributed by atoms with Gasteiger partial charge in [-0.25, -0.2) is 17.8 Å². The summed E-state index contributed by atoms with van der Waals surface area (Å²) in [6.07, 6.45) is 2.80. The predicted octanol–water partition coefficient (Wildman–Crippen LogP) is 0.592. The van der Waals surface area contributed by atoms with Gasteiger partial charge >= 0.3 is 0 Å². The fourth-order valence-electron chi connectivity index (χ4n) is 2.57. The second-order valence-electron chi connectivity index (χ2n) is 5.66. The summed E-state index contributed by atoms with van der Waals surface area (Å²) in [4.78, 5) is 17.7. The van der Waals surface area contributed by atoms with Crippen molar-refractivity contribution in [1.82, 2.24) is 18.8 Å². The summed E-state index contributed by atoms with van der Waals surface area (Å²) < 4.78 is 40.9. The Bertz CT molecular complexity index is 865. The average molecular weight is 352 g/mol. The van der Waals surface area contributed by atoms with Crippen molar-refractivity contribution in [2.45, 2.75) is 11.6 Å². The number of benzene rings is 1. The van der Waals surface area contributed by atoms with Gasteiger partial charge < -0.3 is 9.47 Å². The van der Waals surface area contributed by atoms with E-state index in [0.29, 0.717) is 5.56 Å². The molecule has 0 atom stereocenters. The van der Waals surface area contributed by atoms with Gasteiger partial charge in [0.25, 0.3) is 10.0 Å². The number of imidazole rings is 1. The summed E-state index contributed by atoms with van der Waals surface area (Å²) in [6, 6.07) is 6.01. The van der Waals surface area contributed by atoms with Crippen LogP contribution in [0.2, 0.25) is 0 Å². The lowest BCUT2D eigenvalue weighted by Crippen LogP contribution is -2.51. The molecular formula is C15H17FN4O3S. The van der Waals surface area contributed by atoms with Gasteiger partial charge in [-0.3, -0.25) is 4.79 Å². The van der Waals surface area contributed by atoms with E-state index >= 15 is 0 Å². The van der Waals surface area contributed by atoms with Gasteiger partial charge in [-0.2, -0.15) is 4.31 Å². The molecule has 9 heteroatoms. The molecule has 1 amide bonds. The third kappa shape index (κ3) is 3.31. The van der Waals surface area contributed by atoms with Crippen molar-refractivity contribution in [1.29, 1.82) is 0 Å². The van der Waals surface area contributed by atoms with Crippen LogP contribution in [0, 0.1) is 5.82 Å². The van der Waals surface area contributed by atoms with Gasteiger partial charge in [0.1, 0.15) is 5.82 Å². The number of carbonyl (C=O) groups excluding carboxylic acids is 1.